The van der Waals surface area contributed by atoms with E-state index in [1.165, 1.54) is 25.7 Å². The topological polar surface area (TPSA) is 38.5 Å². The van der Waals surface area contributed by atoms with Crippen LogP contribution < -0.4 is 5.73 Å². The molecule has 0 bridgehead atoms. The number of hydrogen-bond donors (Lipinski definition) is 1. The van der Waals surface area contributed by atoms with Crippen molar-refractivity contribution >= 4 is 0 Å². The summed E-state index contributed by atoms with van der Waals surface area (Å²) in [7, 11) is 1.77. The maximum Gasteiger partial charge on any atom is 0.0589 e. The van der Waals surface area contributed by atoms with Gasteiger partial charge in [-0.15, -0.1) is 0 Å². The third kappa shape index (κ3) is 4.04. The van der Waals surface area contributed by atoms with Crippen molar-refractivity contribution < 1.29 is 4.74 Å². The van der Waals surface area contributed by atoms with Crippen LogP contribution in [-0.2, 0) is 4.74 Å². The molecule has 1 rings (SSSR count). The Kier molecular flexibility index (Phi) is 6.32. The minimum absolute atomic E-state index is 0.425. The smallest absolute Gasteiger partial charge is 0.0589 e. The average Bonchev–Trinajstić information content (AvgIpc) is 2.69. The number of ether oxygens (including phenoxy) is 1. The van der Waals surface area contributed by atoms with Gasteiger partial charge < -0.3 is 10.5 Å². The number of nitrogens with zero attached hydrogens (tertiary/aromatic N) is 1. The minimum atomic E-state index is 0.425. The van der Waals surface area contributed by atoms with Crippen LogP contribution in [-0.4, -0.2) is 43.8 Å². The fraction of sp³-hybridized carbons (Fsp3) is 1.00. The van der Waals surface area contributed by atoms with Gasteiger partial charge in [-0.1, -0.05) is 13.3 Å². The van der Waals surface area contributed by atoms with Crippen molar-refractivity contribution in [1.29, 1.82) is 0 Å². The summed E-state index contributed by atoms with van der Waals surface area (Å²) >= 11 is 0. The molecule has 1 aliphatic carbocycles. The lowest BCUT2D eigenvalue weighted by molar-refractivity contribution is 0.108. The van der Waals surface area contributed by atoms with Crippen molar-refractivity contribution in [3.05, 3.63) is 0 Å². The molecule has 96 valence electrons. The van der Waals surface area contributed by atoms with Gasteiger partial charge in [0.25, 0.3) is 0 Å². The molecule has 0 aromatic carbocycles. The standard InChI is InChI=1S/C13H28N2O/c1-4-11(2)15(8-9-16-3)10-12-6-5-7-13(12)14/h11-13H,4-10,14H2,1-3H3. The van der Waals surface area contributed by atoms with Gasteiger partial charge in [0.2, 0.25) is 0 Å². The average molecular weight is 228 g/mol. The third-order valence-corrected chi connectivity index (χ3v) is 3.98. The zero-order valence-corrected chi connectivity index (χ0v) is 11.1. The van der Waals surface area contributed by atoms with Crippen LogP contribution >= 0.6 is 0 Å². The molecule has 1 fully saturated rings. The summed E-state index contributed by atoms with van der Waals surface area (Å²) in [5.41, 5.74) is 6.14. The van der Waals surface area contributed by atoms with Gasteiger partial charge in [0.05, 0.1) is 6.61 Å². The Balaban J connectivity index is 2.41. The molecule has 3 unspecified atom stereocenters. The van der Waals surface area contributed by atoms with E-state index in [0.29, 0.717) is 18.0 Å². The van der Waals surface area contributed by atoms with E-state index < -0.39 is 0 Å². The molecule has 16 heavy (non-hydrogen) atoms. The maximum atomic E-state index is 6.14. The van der Waals surface area contributed by atoms with Crippen LogP contribution in [0.4, 0.5) is 0 Å². The molecule has 0 amide bonds. The van der Waals surface area contributed by atoms with Crippen molar-refractivity contribution in [3.8, 4) is 0 Å². The second-order valence-corrected chi connectivity index (χ2v) is 5.10. The van der Waals surface area contributed by atoms with E-state index in [9.17, 15) is 0 Å². The van der Waals surface area contributed by atoms with Gasteiger partial charge >= 0.3 is 0 Å². The fourth-order valence-electron chi connectivity index (χ4n) is 2.55. The molecular weight excluding hydrogens is 200 g/mol. The van der Waals surface area contributed by atoms with E-state index in [1.54, 1.807) is 7.11 Å². The van der Waals surface area contributed by atoms with Gasteiger partial charge in [-0.25, -0.2) is 0 Å². The maximum absolute atomic E-state index is 6.14. The molecular formula is C13H28N2O. The highest BCUT2D eigenvalue weighted by atomic mass is 16.5. The monoisotopic (exact) mass is 228 g/mol. The summed E-state index contributed by atoms with van der Waals surface area (Å²) in [5, 5.41) is 0. The van der Waals surface area contributed by atoms with Crippen LogP contribution in [0.5, 0.6) is 0 Å². The predicted octanol–water partition coefficient (Wildman–Crippen LogP) is 1.86. The Bertz CT molecular complexity index is 187. The second kappa shape index (κ2) is 7.25. The first kappa shape index (κ1) is 13.9. The van der Waals surface area contributed by atoms with Crippen LogP contribution in [0.2, 0.25) is 0 Å². The summed E-state index contributed by atoms with van der Waals surface area (Å²) in [6.07, 6.45) is 5.03. The molecule has 0 saturated heterocycles. The molecule has 3 atom stereocenters. The van der Waals surface area contributed by atoms with E-state index in [-0.39, 0.29) is 0 Å². The normalized spacial score (nSPS) is 27.6. The largest absolute Gasteiger partial charge is 0.383 e. The lowest BCUT2D eigenvalue weighted by Crippen LogP contribution is -2.42. The van der Waals surface area contributed by atoms with E-state index >= 15 is 0 Å². The van der Waals surface area contributed by atoms with Crippen LogP contribution in [0.25, 0.3) is 0 Å². The van der Waals surface area contributed by atoms with Crippen molar-refractivity contribution in [2.45, 2.75) is 51.6 Å². The first-order valence-electron chi connectivity index (χ1n) is 6.67. The Labute approximate surface area is 100 Å². The Morgan fingerprint density at radius 1 is 1.44 bits per heavy atom. The van der Waals surface area contributed by atoms with Gasteiger partial charge in [0.1, 0.15) is 0 Å². The van der Waals surface area contributed by atoms with Crippen LogP contribution in [0.3, 0.4) is 0 Å². The molecule has 3 heteroatoms. The van der Waals surface area contributed by atoms with Gasteiger partial charge in [-0.05, 0) is 32.1 Å². The first-order valence-corrected chi connectivity index (χ1v) is 6.67. The van der Waals surface area contributed by atoms with Crippen LogP contribution in [0, 0.1) is 5.92 Å². The van der Waals surface area contributed by atoms with E-state index in [1.807, 2.05) is 0 Å². The summed E-state index contributed by atoms with van der Waals surface area (Å²) in [6, 6.07) is 1.07. The van der Waals surface area contributed by atoms with Crippen molar-refractivity contribution in [3.63, 3.8) is 0 Å². The molecule has 0 spiro atoms. The highest BCUT2D eigenvalue weighted by molar-refractivity contribution is 4.83. The van der Waals surface area contributed by atoms with E-state index in [2.05, 4.69) is 18.7 Å². The summed E-state index contributed by atoms with van der Waals surface area (Å²) in [6.45, 7) is 7.57. The molecule has 2 N–H and O–H groups in total. The molecule has 0 radical (unpaired) electrons. The quantitative estimate of drug-likeness (QED) is 0.723. The van der Waals surface area contributed by atoms with Crippen LogP contribution in [0.1, 0.15) is 39.5 Å². The highest BCUT2D eigenvalue weighted by Crippen LogP contribution is 2.25. The number of hydrogen-bond acceptors (Lipinski definition) is 3. The lowest BCUT2D eigenvalue weighted by atomic mass is 10.0. The van der Waals surface area contributed by atoms with Gasteiger partial charge in [-0.3, -0.25) is 4.90 Å². The zero-order chi connectivity index (χ0) is 12.0. The molecule has 1 saturated carbocycles. The molecule has 0 aliphatic heterocycles. The zero-order valence-electron chi connectivity index (χ0n) is 11.1. The highest BCUT2D eigenvalue weighted by Gasteiger charge is 2.26. The lowest BCUT2D eigenvalue weighted by Gasteiger charge is -2.31. The molecule has 1 aliphatic rings. The molecule has 0 heterocycles. The Morgan fingerprint density at radius 3 is 2.69 bits per heavy atom. The molecule has 3 nitrogen and oxygen atoms in total. The van der Waals surface area contributed by atoms with Gasteiger partial charge in [-0.2, -0.15) is 0 Å². The first-order chi connectivity index (χ1) is 7.69. The minimum Gasteiger partial charge on any atom is -0.383 e. The fourth-order valence-corrected chi connectivity index (χ4v) is 2.55. The Morgan fingerprint density at radius 2 is 2.19 bits per heavy atom. The Hall–Kier alpha value is -0.120. The van der Waals surface area contributed by atoms with Crippen molar-refractivity contribution in [2.75, 3.05) is 26.8 Å². The summed E-state index contributed by atoms with van der Waals surface area (Å²) < 4.78 is 5.19. The summed E-state index contributed by atoms with van der Waals surface area (Å²) in [4.78, 5) is 2.54. The predicted molar refractivity (Wildman–Crippen MR) is 68.5 cm³/mol. The van der Waals surface area contributed by atoms with Crippen molar-refractivity contribution in [1.82, 2.24) is 4.90 Å². The van der Waals surface area contributed by atoms with Gasteiger partial charge in [0, 0.05) is 32.3 Å². The number of rotatable bonds is 7. The number of methoxy groups -OCH3 is 1. The van der Waals surface area contributed by atoms with Crippen molar-refractivity contribution in [2.24, 2.45) is 11.7 Å². The summed E-state index contributed by atoms with van der Waals surface area (Å²) in [5.74, 6) is 0.700. The second-order valence-electron chi connectivity index (χ2n) is 5.10. The SMILES string of the molecule is CCC(C)N(CCOC)CC1CCCC1N. The molecule has 0 aromatic heterocycles. The third-order valence-electron chi connectivity index (χ3n) is 3.98. The van der Waals surface area contributed by atoms with E-state index in [4.69, 9.17) is 10.5 Å². The van der Waals surface area contributed by atoms with E-state index in [0.717, 1.165) is 19.7 Å². The molecule has 0 aromatic rings. The van der Waals surface area contributed by atoms with Crippen LogP contribution in [0.15, 0.2) is 0 Å². The van der Waals surface area contributed by atoms with Gasteiger partial charge in [0.15, 0.2) is 0 Å². The number of nitrogens with two attached hydrogens (primary N) is 1.